The fourth-order valence-corrected chi connectivity index (χ4v) is 2.43. The Morgan fingerprint density at radius 3 is 3.11 bits per heavy atom. The van der Waals surface area contributed by atoms with Crippen LogP contribution in [-0.2, 0) is 11.3 Å². The lowest BCUT2D eigenvalue weighted by atomic mass is 9.99. The highest BCUT2D eigenvalue weighted by Crippen LogP contribution is 2.23. The van der Waals surface area contributed by atoms with Gasteiger partial charge in [0.15, 0.2) is 0 Å². The maximum absolute atomic E-state index is 12.0. The average molecular weight is 283 g/mol. The molecule has 1 atom stereocenters. The van der Waals surface area contributed by atoms with E-state index in [0.29, 0.717) is 17.3 Å². The summed E-state index contributed by atoms with van der Waals surface area (Å²) >= 11 is 5.90. The molecule has 1 heterocycles. The van der Waals surface area contributed by atoms with Gasteiger partial charge in [0.25, 0.3) is 0 Å². The van der Waals surface area contributed by atoms with E-state index in [9.17, 15) is 4.79 Å². The van der Waals surface area contributed by atoms with Gasteiger partial charge in [-0.3, -0.25) is 4.79 Å². The average Bonchev–Trinajstić information content (AvgIpc) is 2.46. The molecule has 0 radical (unpaired) electrons. The first kappa shape index (κ1) is 14.2. The van der Waals surface area contributed by atoms with Crippen LogP contribution in [0.2, 0.25) is 5.02 Å². The monoisotopic (exact) mass is 282 g/mol. The van der Waals surface area contributed by atoms with Crippen molar-refractivity contribution in [2.45, 2.75) is 19.4 Å². The number of nitrogens with one attached hydrogen (secondary N) is 2. The van der Waals surface area contributed by atoms with Crippen LogP contribution in [0.5, 0.6) is 5.75 Å². The van der Waals surface area contributed by atoms with Gasteiger partial charge in [0.05, 0.1) is 13.0 Å². The van der Waals surface area contributed by atoms with Crippen molar-refractivity contribution in [2.75, 3.05) is 20.2 Å². The summed E-state index contributed by atoms with van der Waals surface area (Å²) in [5.74, 6) is 0.880. The minimum atomic E-state index is 0.0760. The summed E-state index contributed by atoms with van der Waals surface area (Å²) in [5, 5.41) is 6.83. The summed E-state index contributed by atoms with van der Waals surface area (Å²) in [6.07, 6.45) is 2.01. The zero-order valence-corrected chi connectivity index (χ0v) is 11.8. The van der Waals surface area contributed by atoms with E-state index >= 15 is 0 Å². The number of rotatable bonds is 4. The molecule has 5 heteroatoms. The fraction of sp³-hybridized carbons (Fsp3) is 0.500. The second-order valence-corrected chi connectivity index (χ2v) is 5.15. The van der Waals surface area contributed by atoms with Crippen LogP contribution in [0, 0.1) is 5.92 Å². The molecule has 1 aliphatic heterocycles. The van der Waals surface area contributed by atoms with E-state index in [1.54, 1.807) is 19.2 Å². The van der Waals surface area contributed by atoms with Crippen LogP contribution >= 0.6 is 11.6 Å². The van der Waals surface area contributed by atoms with E-state index in [0.717, 1.165) is 31.5 Å². The highest BCUT2D eigenvalue weighted by atomic mass is 35.5. The first-order valence-corrected chi connectivity index (χ1v) is 6.89. The third-order valence-corrected chi connectivity index (χ3v) is 3.60. The molecule has 1 aromatic rings. The molecule has 0 aromatic heterocycles. The predicted molar refractivity (Wildman–Crippen MR) is 75.4 cm³/mol. The Bertz CT molecular complexity index is 445. The summed E-state index contributed by atoms with van der Waals surface area (Å²) in [7, 11) is 1.60. The van der Waals surface area contributed by atoms with E-state index < -0.39 is 0 Å². The van der Waals surface area contributed by atoms with E-state index in [-0.39, 0.29) is 11.8 Å². The van der Waals surface area contributed by atoms with Gasteiger partial charge in [-0.05, 0) is 31.5 Å². The van der Waals surface area contributed by atoms with Crippen molar-refractivity contribution in [1.82, 2.24) is 10.6 Å². The topological polar surface area (TPSA) is 50.4 Å². The minimum absolute atomic E-state index is 0.0760. The predicted octanol–water partition coefficient (Wildman–Crippen LogP) is 1.96. The number of ether oxygens (including phenoxy) is 1. The molecule has 1 aromatic carbocycles. The van der Waals surface area contributed by atoms with E-state index in [4.69, 9.17) is 16.3 Å². The molecule has 1 unspecified atom stereocenters. The van der Waals surface area contributed by atoms with Crippen molar-refractivity contribution < 1.29 is 9.53 Å². The molecule has 2 N–H and O–H groups in total. The second-order valence-electron chi connectivity index (χ2n) is 4.72. The van der Waals surface area contributed by atoms with Gasteiger partial charge in [0.1, 0.15) is 5.75 Å². The number of piperidine rings is 1. The van der Waals surface area contributed by atoms with E-state index in [2.05, 4.69) is 10.6 Å². The molecular formula is C14H19ClN2O2. The molecule has 1 fully saturated rings. The van der Waals surface area contributed by atoms with Crippen molar-refractivity contribution in [3.63, 3.8) is 0 Å². The minimum Gasteiger partial charge on any atom is -0.496 e. The van der Waals surface area contributed by atoms with Crippen LogP contribution in [0.4, 0.5) is 0 Å². The Balaban J connectivity index is 1.92. The largest absolute Gasteiger partial charge is 0.496 e. The highest BCUT2D eigenvalue weighted by Gasteiger charge is 2.20. The highest BCUT2D eigenvalue weighted by molar-refractivity contribution is 6.30. The van der Waals surface area contributed by atoms with Crippen LogP contribution < -0.4 is 15.4 Å². The maximum atomic E-state index is 12.0. The van der Waals surface area contributed by atoms with Gasteiger partial charge in [0, 0.05) is 23.7 Å². The molecule has 0 bridgehead atoms. The van der Waals surface area contributed by atoms with Crippen LogP contribution in [-0.4, -0.2) is 26.1 Å². The molecule has 0 aliphatic carbocycles. The van der Waals surface area contributed by atoms with Crippen molar-refractivity contribution in [2.24, 2.45) is 5.92 Å². The molecule has 1 amide bonds. The first-order valence-electron chi connectivity index (χ1n) is 6.51. The van der Waals surface area contributed by atoms with Gasteiger partial charge in [-0.25, -0.2) is 0 Å². The first-order chi connectivity index (χ1) is 9.20. The lowest BCUT2D eigenvalue weighted by Crippen LogP contribution is -2.40. The SMILES string of the molecule is COc1cc(Cl)ccc1CNC(=O)C1CCCNC1. The zero-order valence-electron chi connectivity index (χ0n) is 11.0. The summed E-state index contributed by atoms with van der Waals surface area (Å²) in [4.78, 5) is 12.0. The van der Waals surface area contributed by atoms with Gasteiger partial charge < -0.3 is 15.4 Å². The molecule has 4 nitrogen and oxygen atoms in total. The van der Waals surface area contributed by atoms with Gasteiger partial charge in [-0.1, -0.05) is 17.7 Å². The molecular weight excluding hydrogens is 264 g/mol. The summed E-state index contributed by atoms with van der Waals surface area (Å²) in [6.45, 7) is 2.24. The van der Waals surface area contributed by atoms with Crippen LogP contribution in [0.15, 0.2) is 18.2 Å². The lowest BCUT2D eigenvalue weighted by Gasteiger charge is -2.22. The summed E-state index contributed by atoms with van der Waals surface area (Å²) < 4.78 is 5.26. The van der Waals surface area contributed by atoms with E-state index in [1.165, 1.54) is 0 Å². The third kappa shape index (κ3) is 3.85. The van der Waals surface area contributed by atoms with Crippen molar-refractivity contribution in [1.29, 1.82) is 0 Å². The Hall–Kier alpha value is -1.26. The Labute approximate surface area is 118 Å². The zero-order chi connectivity index (χ0) is 13.7. The molecule has 0 spiro atoms. The summed E-state index contributed by atoms with van der Waals surface area (Å²) in [6, 6.07) is 5.43. The molecule has 0 saturated carbocycles. The molecule has 1 aliphatic rings. The molecule has 19 heavy (non-hydrogen) atoms. The molecule has 104 valence electrons. The molecule has 2 rings (SSSR count). The van der Waals surface area contributed by atoms with Gasteiger partial charge in [-0.15, -0.1) is 0 Å². The lowest BCUT2D eigenvalue weighted by molar-refractivity contribution is -0.125. The van der Waals surface area contributed by atoms with Crippen molar-refractivity contribution in [3.8, 4) is 5.75 Å². The Morgan fingerprint density at radius 2 is 2.42 bits per heavy atom. The van der Waals surface area contributed by atoms with Crippen molar-refractivity contribution >= 4 is 17.5 Å². The number of halogens is 1. The van der Waals surface area contributed by atoms with Crippen LogP contribution in [0.25, 0.3) is 0 Å². The molecule has 1 saturated heterocycles. The van der Waals surface area contributed by atoms with Gasteiger partial charge in [0.2, 0.25) is 5.91 Å². The standard InChI is InChI=1S/C14H19ClN2O2/c1-19-13-7-12(15)5-4-10(13)9-17-14(18)11-3-2-6-16-8-11/h4-5,7,11,16H,2-3,6,8-9H2,1H3,(H,17,18). The Kier molecular flexibility index (Phi) is 5.05. The number of hydrogen-bond donors (Lipinski definition) is 2. The van der Waals surface area contributed by atoms with Gasteiger partial charge in [-0.2, -0.15) is 0 Å². The smallest absolute Gasteiger partial charge is 0.224 e. The quantitative estimate of drug-likeness (QED) is 0.888. The fourth-order valence-electron chi connectivity index (χ4n) is 2.27. The number of methoxy groups -OCH3 is 1. The van der Waals surface area contributed by atoms with Crippen LogP contribution in [0.1, 0.15) is 18.4 Å². The second kappa shape index (κ2) is 6.78. The third-order valence-electron chi connectivity index (χ3n) is 3.37. The van der Waals surface area contributed by atoms with E-state index in [1.807, 2.05) is 6.07 Å². The number of carbonyl (C=O) groups is 1. The normalized spacial score (nSPS) is 18.9. The number of amides is 1. The van der Waals surface area contributed by atoms with Crippen molar-refractivity contribution in [3.05, 3.63) is 28.8 Å². The van der Waals surface area contributed by atoms with Gasteiger partial charge >= 0.3 is 0 Å². The Morgan fingerprint density at radius 1 is 1.58 bits per heavy atom. The number of carbonyl (C=O) groups excluding carboxylic acids is 1. The number of benzene rings is 1. The summed E-state index contributed by atoms with van der Waals surface area (Å²) in [5.41, 5.74) is 0.934. The maximum Gasteiger partial charge on any atom is 0.224 e. The number of hydrogen-bond acceptors (Lipinski definition) is 3. The van der Waals surface area contributed by atoms with Crippen LogP contribution in [0.3, 0.4) is 0 Å².